The maximum absolute atomic E-state index is 11.7. The van der Waals surface area contributed by atoms with E-state index < -0.39 is 17.7 Å². The largest absolute Gasteiger partial charge is 0.481 e. The van der Waals surface area contributed by atoms with Gasteiger partial charge in [0.15, 0.2) is 5.13 Å². The van der Waals surface area contributed by atoms with Crippen molar-refractivity contribution in [2.45, 2.75) is 39.2 Å². The van der Waals surface area contributed by atoms with Gasteiger partial charge in [0.1, 0.15) is 5.60 Å². The lowest BCUT2D eigenvalue weighted by molar-refractivity contribution is -0.136. The first kappa shape index (κ1) is 16.2. The molecule has 2 N–H and O–H groups in total. The average Bonchev–Trinajstić information content (AvgIpc) is 2.74. The molecule has 1 aromatic carbocycles. The van der Waals surface area contributed by atoms with Gasteiger partial charge >= 0.3 is 12.1 Å². The number of rotatable bonds is 4. The lowest BCUT2D eigenvalue weighted by Crippen LogP contribution is -2.27. The molecule has 0 aliphatic carbocycles. The number of ether oxygens (including phenoxy) is 1. The standard InChI is InChI=1S/C15H18N2O4S/c1-15(2,3)21-14(20)17-13-16-10-6-4-9(5-7-12(18)19)8-11(10)22-13/h4,6,8H,5,7H2,1-3H3,(H,18,19)(H,16,17,20). The smallest absolute Gasteiger partial charge is 0.413 e. The second-order valence-corrected chi connectivity index (χ2v) is 6.87. The first-order valence-electron chi connectivity index (χ1n) is 6.84. The molecule has 6 nitrogen and oxygen atoms in total. The number of aromatic nitrogens is 1. The van der Waals surface area contributed by atoms with Crippen molar-refractivity contribution in [3.63, 3.8) is 0 Å². The summed E-state index contributed by atoms with van der Waals surface area (Å²) in [5, 5.41) is 11.8. The van der Waals surface area contributed by atoms with E-state index >= 15 is 0 Å². The van der Waals surface area contributed by atoms with Crippen LogP contribution < -0.4 is 5.32 Å². The molecule has 22 heavy (non-hydrogen) atoms. The van der Waals surface area contributed by atoms with Crippen LogP contribution in [0.2, 0.25) is 0 Å². The fraction of sp³-hybridized carbons (Fsp3) is 0.400. The first-order chi connectivity index (χ1) is 10.2. The fourth-order valence-corrected chi connectivity index (χ4v) is 2.74. The van der Waals surface area contributed by atoms with Crippen molar-refractivity contribution in [2.75, 3.05) is 5.32 Å². The Balaban J connectivity index is 2.10. The number of carboxylic acid groups (broad SMARTS) is 1. The Morgan fingerprint density at radius 2 is 2.09 bits per heavy atom. The predicted molar refractivity (Wildman–Crippen MR) is 85.4 cm³/mol. The number of hydrogen-bond donors (Lipinski definition) is 2. The highest BCUT2D eigenvalue weighted by molar-refractivity contribution is 7.22. The van der Waals surface area contributed by atoms with Crippen LogP contribution in [0.5, 0.6) is 0 Å². The Labute approximate surface area is 132 Å². The molecule has 0 atom stereocenters. The summed E-state index contributed by atoms with van der Waals surface area (Å²) in [6.07, 6.45) is 0.0170. The number of carboxylic acids is 1. The van der Waals surface area contributed by atoms with Crippen molar-refractivity contribution in [3.05, 3.63) is 23.8 Å². The average molecular weight is 322 g/mol. The Kier molecular flexibility index (Phi) is 4.65. The molecule has 7 heteroatoms. The zero-order valence-corrected chi connectivity index (χ0v) is 13.5. The second kappa shape index (κ2) is 6.31. The minimum Gasteiger partial charge on any atom is -0.481 e. The normalized spacial score (nSPS) is 11.4. The topological polar surface area (TPSA) is 88.5 Å². The molecule has 0 aliphatic heterocycles. The number of nitrogens with zero attached hydrogens (tertiary/aromatic N) is 1. The molecule has 0 fully saturated rings. The van der Waals surface area contributed by atoms with Gasteiger partial charge in [-0.3, -0.25) is 10.1 Å². The maximum Gasteiger partial charge on any atom is 0.413 e. The summed E-state index contributed by atoms with van der Waals surface area (Å²) in [7, 11) is 0. The lowest BCUT2D eigenvalue weighted by Gasteiger charge is -2.18. The highest BCUT2D eigenvalue weighted by Crippen LogP contribution is 2.27. The summed E-state index contributed by atoms with van der Waals surface area (Å²) in [5.41, 5.74) is 1.13. The summed E-state index contributed by atoms with van der Waals surface area (Å²) in [6, 6.07) is 5.57. The third-order valence-corrected chi connectivity index (χ3v) is 3.62. The molecule has 2 aromatic rings. The van der Waals surface area contributed by atoms with Gasteiger partial charge in [-0.15, -0.1) is 0 Å². The Morgan fingerprint density at radius 3 is 2.73 bits per heavy atom. The van der Waals surface area contributed by atoms with Crippen LogP contribution in [0.3, 0.4) is 0 Å². The second-order valence-electron chi connectivity index (χ2n) is 5.84. The summed E-state index contributed by atoms with van der Waals surface area (Å²) >= 11 is 1.33. The van der Waals surface area contributed by atoms with Crippen molar-refractivity contribution >= 4 is 38.7 Å². The van der Waals surface area contributed by atoms with E-state index in [-0.39, 0.29) is 6.42 Å². The third kappa shape index (κ3) is 4.70. The zero-order chi connectivity index (χ0) is 16.3. The molecule has 0 aliphatic rings. The van der Waals surface area contributed by atoms with E-state index in [0.29, 0.717) is 11.6 Å². The van der Waals surface area contributed by atoms with Gasteiger partial charge in [0.25, 0.3) is 0 Å². The first-order valence-corrected chi connectivity index (χ1v) is 7.66. The van der Waals surface area contributed by atoms with Crippen molar-refractivity contribution in [1.29, 1.82) is 0 Å². The van der Waals surface area contributed by atoms with E-state index in [1.165, 1.54) is 11.3 Å². The molecule has 1 aromatic heterocycles. The van der Waals surface area contributed by atoms with E-state index in [1.54, 1.807) is 20.8 Å². The van der Waals surface area contributed by atoms with Gasteiger partial charge in [-0.1, -0.05) is 17.4 Å². The van der Waals surface area contributed by atoms with Gasteiger partial charge in [-0.05, 0) is 44.9 Å². The van der Waals surface area contributed by atoms with Crippen LogP contribution in [0, 0.1) is 0 Å². The summed E-state index contributed by atoms with van der Waals surface area (Å²) in [5.74, 6) is -0.823. The SMILES string of the molecule is CC(C)(C)OC(=O)Nc1nc2ccc(CCC(=O)O)cc2s1. The molecular weight excluding hydrogens is 304 g/mol. The number of amides is 1. The molecule has 0 saturated heterocycles. The minimum absolute atomic E-state index is 0.0906. The van der Waals surface area contributed by atoms with Crippen LogP contribution in [-0.2, 0) is 16.0 Å². The predicted octanol–water partition coefficient (Wildman–Crippen LogP) is 3.66. The number of nitrogens with one attached hydrogen (secondary N) is 1. The molecule has 0 unspecified atom stereocenters. The van der Waals surface area contributed by atoms with Gasteiger partial charge in [0.2, 0.25) is 0 Å². The summed E-state index contributed by atoms with van der Waals surface area (Å²) in [4.78, 5) is 26.6. The van der Waals surface area contributed by atoms with Crippen molar-refractivity contribution in [3.8, 4) is 0 Å². The van der Waals surface area contributed by atoms with E-state index in [4.69, 9.17) is 9.84 Å². The van der Waals surface area contributed by atoms with Gasteiger partial charge in [-0.25, -0.2) is 9.78 Å². The number of aliphatic carboxylic acids is 1. The van der Waals surface area contributed by atoms with E-state index in [0.717, 1.165) is 15.8 Å². The third-order valence-electron chi connectivity index (χ3n) is 2.69. The molecule has 0 saturated carbocycles. The molecule has 1 heterocycles. The minimum atomic E-state index is -0.823. The van der Waals surface area contributed by atoms with Crippen LogP contribution in [0.4, 0.5) is 9.93 Å². The van der Waals surface area contributed by atoms with Gasteiger partial charge in [-0.2, -0.15) is 0 Å². The number of benzene rings is 1. The number of carbonyl (C=O) groups is 2. The number of thiazole rings is 1. The molecule has 2 rings (SSSR count). The van der Waals surface area contributed by atoms with Gasteiger partial charge in [0, 0.05) is 6.42 Å². The highest BCUT2D eigenvalue weighted by Gasteiger charge is 2.17. The Hall–Kier alpha value is -2.15. The highest BCUT2D eigenvalue weighted by atomic mass is 32.1. The van der Waals surface area contributed by atoms with Gasteiger partial charge in [0.05, 0.1) is 10.2 Å². The molecule has 1 amide bonds. The van der Waals surface area contributed by atoms with Crippen molar-refractivity contribution < 1.29 is 19.4 Å². The van der Waals surface area contributed by atoms with Crippen LogP contribution >= 0.6 is 11.3 Å². The Bertz CT molecular complexity index is 703. The number of fused-ring (bicyclic) bond motifs is 1. The maximum atomic E-state index is 11.7. The van der Waals surface area contributed by atoms with Gasteiger partial charge < -0.3 is 9.84 Å². The summed E-state index contributed by atoms with van der Waals surface area (Å²) < 4.78 is 6.07. The quantitative estimate of drug-likeness (QED) is 0.896. The van der Waals surface area contributed by atoms with E-state index in [9.17, 15) is 9.59 Å². The number of aryl methyl sites for hydroxylation is 1. The number of hydrogen-bond acceptors (Lipinski definition) is 5. The van der Waals surface area contributed by atoms with E-state index in [1.807, 2.05) is 18.2 Å². The van der Waals surface area contributed by atoms with Crippen molar-refractivity contribution in [2.24, 2.45) is 0 Å². The Morgan fingerprint density at radius 1 is 1.36 bits per heavy atom. The molecule has 0 bridgehead atoms. The molecular formula is C15H18N2O4S. The fourth-order valence-electron chi connectivity index (χ4n) is 1.82. The molecule has 118 valence electrons. The van der Waals surface area contributed by atoms with Crippen LogP contribution in [-0.4, -0.2) is 27.8 Å². The van der Waals surface area contributed by atoms with Crippen molar-refractivity contribution in [1.82, 2.24) is 4.98 Å². The monoisotopic (exact) mass is 322 g/mol. The molecule has 0 spiro atoms. The lowest BCUT2D eigenvalue weighted by atomic mass is 10.1. The zero-order valence-electron chi connectivity index (χ0n) is 12.7. The number of anilines is 1. The molecule has 0 radical (unpaired) electrons. The van der Waals surface area contributed by atoms with E-state index in [2.05, 4.69) is 10.3 Å². The number of carbonyl (C=O) groups excluding carboxylic acids is 1. The van der Waals surface area contributed by atoms with Crippen LogP contribution in [0.25, 0.3) is 10.2 Å². The summed E-state index contributed by atoms with van der Waals surface area (Å²) in [6.45, 7) is 5.37. The van der Waals surface area contributed by atoms with Crippen LogP contribution in [0.15, 0.2) is 18.2 Å². The van der Waals surface area contributed by atoms with Crippen LogP contribution in [0.1, 0.15) is 32.8 Å².